The Hall–Kier alpha value is 0.130. The monoisotopic (exact) mass is 378 g/mol. The fraction of sp³-hybridized carbons (Fsp3) is 0.769. The van der Waals surface area contributed by atoms with Crippen LogP contribution in [0.15, 0.2) is 4.47 Å². The molecule has 0 aromatic carbocycles. The smallest absolute Gasteiger partial charge is 0.0766 e. The van der Waals surface area contributed by atoms with Gasteiger partial charge in [0.1, 0.15) is 0 Å². The second kappa shape index (κ2) is 6.53. The molecule has 0 bridgehead atoms. The Morgan fingerprint density at radius 3 is 2.83 bits per heavy atom. The number of halogens is 2. The Kier molecular flexibility index (Phi) is 5.27. The Balaban J connectivity index is 2.19. The second-order valence-electron chi connectivity index (χ2n) is 4.72. The number of hydrogen-bond acceptors (Lipinski definition) is 2. The van der Waals surface area contributed by atoms with Crippen molar-refractivity contribution in [3.63, 3.8) is 0 Å². The summed E-state index contributed by atoms with van der Waals surface area (Å²) in [5.74, 6) is 0.543. The molecule has 1 saturated heterocycles. The zero-order valence-electron chi connectivity index (χ0n) is 11.0. The molecule has 2 atom stereocenters. The van der Waals surface area contributed by atoms with Crippen molar-refractivity contribution in [1.82, 2.24) is 9.78 Å². The van der Waals surface area contributed by atoms with E-state index in [9.17, 15) is 0 Å². The van der Waals surface area contributed by atoms with Gasteiger partial charge in [-0.1, -0.05) is 22.9 Å². The zero-order chi connectivity index (χ0) is 13.1. The van der Waals surface area contributed by atoms with Gasteiger partial charge in [0.15, 0.2) is 0 Å². The highest BCUT2D eigenvalue weighted by Crippen LogP contribution is 2.30. The lowest BCUT2D eigenvalue weighted by atomic mass is 9.96. The van der Waals surface area contributed by atoms with Gasteiger partial charge in [-0.15, -0.1) is 0 Å². The van der Waals surface area contributed by atoms with Crippen LogP contribution in [0.1, 0.15) is 31.7 Å². The minimum atomic E-state index is 0.543. The minimum Gasteiger partial charge on any atom is -0.381 e. The maximum Gasteiger partial charge on any atom is 0.0766 e. The Bertz CT molecular complexity index is 406. The van der Waals surface area contributed by atoms with E-state index in [1.807, 2.05) is 0 Å². The molecule has 1 aliphatic heterocycles. The van der Waals surface area contributed by atoms with Gasteiger partial charge >= 0.3 is 0 Å². The maximum absolute atomic E-state index is 5.60. The molecule has 1 aromatic rings. The van der Waals surface area contributed by atoms with Gasteiger partial charge in [0.2, 0.25) is 0 Å². The van der Waals surface area contributed by atoms with Gasteiger partial charge in [0.25, 0.3) is 0 Å². The standard InChI is InChI=1S/C13H20Br2N2O/c1-3-11-13(15)12(17(4-2)16-11)7-9-8-18-6-5-10(9)14/h9-10H,3-8H2,1-2H3. The van der Waals surface area contributed by atoms with Crippen molar-refractivity contribution in [3.8, 4) is 0 Å². The van der Waals surface area contributed by atoms with Gasteiger partial charge in [0.05, 0.1) is 22.5 Å². The average Bonchev–Trinajstić information content (AvgIpc) is 2.69. The molecule has 2 heterocycles. The van der Waals surface area contributed by atoms with E-state index in [0.717, 1.165) is 44.7 Å². The van der Waals surface area contributed by atoms with Gasteiger partial charge in [-0.3, -0.25) is 4.68 Å². The predicted octanol–water partition coefficient (Wildman–Crippen LogP) is 3.57. The number of ether oxygens (including phenoxy) is 1. The zero-order valence-corrected chi connectivity index (χ0v) is 14.1. The van der Waals surface area contributed by atoms with Gasteiger partial charge in [-0.05, 0) is 42.1 Å². The first-order valence-corrected chi connectivity index (χ1v) is 8.34. The van der Waals surface area contributed by atoms with Crippen LogP contribution < -0.4 is 0 Å². The Labute approximate surface area is 126 Å². The van der Waals surface area contributed by atoms with Crippen LogP contribution in [0.2, 0.25) is 0 Å². The number of rotatable bonds is 4. The highest BCUT2D eigenvalue weighted by atomic mass is 79.9. The molecule has 3 nitrogen and oxygen atoms in total. The van der Waals surface area contributed by atoms with Crippen LogP contribution in [0.25, 0.3) is 0 Å². The first-order valence-electron chi connectivity index (χ1n) is 6.63. The lowest BCUT2D eigenvalue weighted by Gasteiger charge is -2.27. The van der Waals surface area contributed by atoms with Crippen molar-refractivity contribution < 1.29 is 4.74 Å². The van der Waals surface area contributed by atoms with Crippen LogP contribution in [0.5, 0.6) is 0 Å². The topological polar surface area (TPSA) is 27.1 Å². The fourth-order valence-electron chi connectivity index (χ4n) is 2.42. The van der Waals surface area contributed by atoms with E-state index < -0.39 is 0 Å². The number of alkyl halides is 1. The molecule has 18 heavy (non-hydrogen) atoms. The summed E-state index contributed by atoms with van der Waals surface area (Å²) >= 11 is 7.49. The SMILES string of the molecule is CCc1nn(CC)c(CC2COCCC2Br)c1Br. The summed E-state index contributed by atoms with van der Waals surface area (Å²) in [5.41, 5.74) is 2.48. The summed E-state index contributed by atoms with van der Waals surface area (Å²) in [6.45, 7) is 6.94. The molecule has 0 amide bonds. The summed E-state index contributed by atoms with van der Waals surface area (Å²) in [5, 5.41) is 4.65. The van der Waals surface area contributed by atoms with Crippen molar-refractivity contribution >= 4 is 31.9 Å². The number of hydrogen-bond donors (Lipinski definition) is 0. The van der Waals surface area contributed by atoms with E-state index >= 15 is 0 Å². The number of nitrogens with zero attached hydrogens (tertiary/aromatic N) is 2. The molecular formula is C13H20Br2N2O. The van der Waals surface area contributed by atoms with Crippen molar-refractivity contribution in [2.24, 2.45) is 5.92 Å². The molecule has 0 N–H and O–H groups in total. The van der Waals surface area contributed by atoms with Gasteiger partial charge < -0.3 is 4.74 Å². The van der Waals surface area contributed by atoms with Crippen LogP contribution in [0.3, 0.4) is 0 Å². The van der Waals surface area contributed by atoms with Crippen molar-refractivity contribution in [3.05, 3.63) is 15.9 Å². The van der Waals surface area contributed by atoms with E-state index in [1.165, 1.54) is 10.2 Å². The van der Waals surface area contributed by atoms with E-state index in [2.05, 4.69) is 55.5 Å². The third-order valence-corrected chi connectivity index (χ3v) is 5.65. The molecule has 5 heteroatoms. The largest absolute Gasteiger partial charge is 0.381 e. The molecule has 1 aromatic heterocycles. The molecule has 1 fully saturated rings. The van der Waals surface area contributed by atoms with E-state index in [0.29, 0.717) is 10.7 Å². The summed E-state index contributed by atoms with van der Waals surface area (Å²) in [6.07, 6.45) is 3.10. The molecule has 0 radical (unpaired) electrons. The molecule has 0 saturated carbocycles. The van der Waals surface area contributed by atoms with Crippen molar-refractivity contribution in [2.45, 2.75) is 44.5 Å². The minimum absolute atomic E-state index is 0.543. The van der Waals surface area contributed by atoms with Gasteiger partial charge in [0, 0.05) is 23.9 Å². The van der Waals surface area contributed by atoms with Crippen molar-refractivity contribution in [1.29, 1.82) is 0 Å². The van der Waals surface area contributed by atoms with Gasteiger partial charge in [-0.25, -0.2) is 0 Å². The third-order valence-electron chi connectivity index (χ3n) is 3.53. The van der Waals surface area contributed by atoms with Crippen LogP contribution in [-0.2, 0) is 24.1 Å². The van der Waals surface area contributed by atoms with Crippen LogP contribution in [-0.4, -0.2) is 27.8 Å². The summed E-state index contributed by atoms with van der Waals surface area (Å²) in [6, 6.07) is 0. The first kappa shape index (κ1) is 14.5. The molecule has 2 rings (SSSR count). The molecule has 0 aliphatic carbocycles. The quantitative estimate of drug-likeness (QED) is 0.747. The highest BCUT2D eigenvalue weighted by molar-refractivity contribution is 9.10. The summed E-state index contributed by atoms with van der Waals surface area (Å²) < 4.78 is 8.91. The summed E-state index contributed by atoms with van der Waals surface area (Å²) in [7, 11) is 0. The predicted molar refractivity (Wildman–Crippen MR) is 80.3 cm³/mol. The third kappa shape index (κ3) is 2.99. The van der Waals surface area contributed by atoms with Crippen LogP contribution in [0.4, 0.5) is 0 Å². The molecule has 1 aliphatic rings. The maximum atomic E-state index is 5.60. The second-order valence-corrected chi connectivity index (χ2v) is 6.69. The van der Waals surface area contributed by atoms with Crippen LogP contribution in [0, 0.1) is 5.92 Å². The fourth-order valence-corrected chi connectivity index (χ4v) is 3.67. The van der Waals surface area contributed by atoms with Gasteiger partial charge in [-0.2, -0.15) is 5.10 Å². The lowest BCUT2D eigenvalue weighted by Crippen LogP contribution is -2.30. The molecule has 0 spiro atoms. The normalized spacial score (nSPS) is 24.4. The highest BCUT2D eigenvalue weighted by Gasteiger charge is 2.26. The van der Waals surface area contributed by atoms with E-state index in [4.69, 9.17) is 4.74 Å². The summed E-state index contributed by atoms with van der Waals surface area (Å²) in [4.78, 5) is 0.559. The lowest BCUT2D eigenvalue weighted by molar-refractivity contribution is 0.0598. The Morgan fingerprint density at radius 1 is 1.44 bits per heavy atom. The number of aryl methyl sites for hydroxylation is 2. The molecule has 2 unspecified atom stereocenters. The number of aromatic nitrogens is 2. The van der Waals surface area contributed by atoms with Crippen LogP contribution >= 0.6 is 31.9 Å². The van der Waals surface area contributed by atoms with Crippen molar-refractivity contribution in [2.75, 3.05) is 13.2 Å². The Morgan fingerprint density at radius 2 is 2.22 bits per heavy atom. The van der Waals surface area contributed by atoms with E-state index in [1.54, 1.807) is 0 Å². The first-order chi connectivity index (χ1) is 8.67. The molecular weight excluding hydrogens is 360 g/mol. The molecule has 102 valence electrons. The average molecular weight is 380 g/mol. The van der Waals surface area contributed by atoms with E-state index in [-0.39, 0.29) is 0 Å².